The molecule has 1 aromatic heterocycles. The predicted molar refractivity (Wildman–Crippen MR) is 116 cm³/mol. The largest absolute Gasteiger partial charge is 0.369 e. The first-order valence-electron chi connectivity index (χ1n) is 9.24. The van der Waals surface area contributed by atoms with Gasteiger partial charge in [0.15, 0.2) is 0 Å². The summed E-state index contributed by atoms with van der Waals surface area (Å²) in [7, 11) is -2.41. The van der Waals surface area contributed by atoms with Crippen molar-refractivity contribution < 1.29 is 22.8 Å². The molecule has 0 saturated carbocycles. The summed E-state index contributed by atoms with van der Waals surface area (Å²) < 4.78 is 29.0. The van der Waals surface area contributed by atoms with Gasteiger partial charge in [-0.3, -0.25) is 14.4 Å². The number of fused-ring (bicyclic) bond motifs is 1. The highest BCUT2D eigenvalue weighted by molar-refractivity contribution is 7.87. The molecule has 0 radical (unpaired) electrons. The van der Waals surface area contributed by atoms with Crippen molar-refractivity contribution in [1.29, 1.82) is 0 Å². The fourth-order valence-corrected chi connectivity index (χ4v) is 5.23. The summed E-state index contributed by atoms with van der Waals surface area (Å²) in [6.45, 7) is 0.798. The van der Waals surface area contributed by atoms with Crippen LogP contribution in [0, 0.1) is 5.92 Å². The van der Waals surface area contributed by atoms with E-state index in [4.69, 9.17) is 28.9 Å². The maximum atomic E-state index is 12.9. The molecule has 0 bridgehead atoms. The van der Waals surface area contributed by atoms with Crippen molar-refractivity contribution >= 4 is 62.0 Å². The van der Waals surface area contributed by atoms with Gasteiger partial charge in [-0.1, -0.05) is 23.2 Å². The molecule has 3 amide bonds. The van der Waals surface area contributed by atoms with Crippen molar-refractivity contribution in [3.8, 4) is 0 Å². The van der Waals surface area contributed by atoms with Gasteiger partial charge in [-0.15, -0.1) is 0 Å². The molecule has 13 heteroatoms. The average molecular weight is 490 g/mol. The van der Waals surface area contributed by atoms with E-state index in [1.807, 2.05) is 4.72 Å². The highest BCUT2D eigenvalue weighted by Gasteiger charge is 2.39. The van der Waals surface area contributed by atoms with E-state index in [1.165, 1.54) is 0 Å². The van der Waals surface area contributed by atoms with E-state index in [2.05, 4.69) is 5.32 Å². The second kappa shape index (κ2) is 8.65. The van der Waals surface area contributed by atoms with Crippen LogP contribution in [0.25, 0.3) is 10.9 Å². The molecule has 2 atom stereocenters. The van der Waals surface area contributed by atoms with Crippen LogP contribution in [0.3, 0.4) is 0 Å². The van der Waals surface area contributed by atoms with Crippen LogP contribution in [-0.2, 0) is 26.8 Å². The van der Waals surface area contributed by atoms with Gasteiger partial charge in [-0.25, -0.2) is 4.72 Å². The normalized spacial score (nSPS) is 19.9. The third-order valence-corrected chi connectivity index (χ3v) is 7.59. The van der Waals surface area contributed by atoms with Crippen LogP contribution in [0.2, 0.25) is 10.0 Å². The van der Waals surface area contributed by atoms with Crippen LogP contribution in [0.15, 0.2) is 18.2 Å². The molecule has 0 spiro atoms. The van der Waals surface area contributed by atoms with Crippen molar-refractivity contribution in [2.45, 2.75) is 19.4 Å². The lowest BCUT2D eigenvalue weighted by Gasteiger charge is -2.36. The standard InChI is InChI=1S/C18H21Cl2N5O5S/c1-9(26)23-31(29,30)25-6-5-13(11(8-25)17(21)27)22-18(28)15-7-10-14(24(15)2)4-3-12(19)16(10)20/h3-4,7,11,13H,5-6,8H2,1-2H3,(H2,21,27)(H,22,28)(H,23,26)/t11-,13-/m1/s1. The van der Waals surface area contributed by atoms with E-state index in [-0.39, 0.29) is 25.2 Å². The van der Waals surface area contributed by atoms with Gasteiger partial charge in [0.2, 0.25) is 11.8 Å². The molecule has 1 aliphatic heterocycles. The van der Waals surface area contributed by atoms with Crippen LogP contribution < -0.4 is 15.8 Å². The maximum absolute atomic E-state index is 12.9. The Kier molecular flexibility index (Phi) is 6.51. The molecule has 10 nitrogen and oxygen atoms in total. The number of amides is 3. The predicted octanol–water partition coefficient (Wildman–Crippen LogP) is 0.772. The van der Waals surface area contributed by atoms with Crippen molar-refractivity contribution in [2.75, 3.05) is 13.1 Å². The van der Waals surface area contributed by atoms with Gasteiger partial charge in [-0.05, 0) is 24.6 Å². The fraction of sp³-hybridized carbons (Fsp3) is 0.389. The third-order valence-electron chi connectivity index (χ3n) is 5.22. The SMILES string of the molecule is CC(=O)NS(=O)(=O)N1CC[C@@H](NC(=O)c2cc3c(Cl)c(Cl)ccc3n2C)[C@H](C(N)=O)C1. The first kappa shape index (κ1) is 23.3. The maximum Gasteiger partial charge on any atom is 0.303 e. The van der Waals surface area contributed by atoms with Gasteiger partial charge >= 0.3 is 10.2 Å². The molecular weight excluding hydrogens is 469 g/mol. The zero-order chi connectivity index (χ0) is 23.1. The highest BCUT2D eigenvalue weighted by atomic mass is 35.5. The summed E-state index contributed by atoms with van der Waals surface area (Å²) in [5, 5.41) is 4.05. The number of carbonyl (C=O) groups excluding carboxylic acids is 3. The summed E-state index contributed by atoms with van der Waals surface area (Å²) in [4.78, 5) is 36.1. The van der Waals surface area contributed by atoms with Gasteiger partial charge in [0.25, 0.3) is 5.91 Å². The number of primary amides is 1. The summed E-state index contributed by atoms with van der Waals surface area (Å²) in [6.07, 6.45) is 0.134. The Balaban J connectivity index is 1.82. The molecule has 2 heterocycles. The zero-order valence-corrected chi connectivity index (χ0v) is 19.0. The molecule has 0 unspecified atom stereocenters. The molecule has 1 aromatic carbocycles. The van der Waals surface area contributed by atoms with Crippen LogP contribution in [-0.4, -0.2) is 54.1 Å². The van der Waals surface area contributed by atoms with Gasteiger partial charge in [-0.2, -0.15) is 12.7 Å². The Bertz CT molecular complexity index is 1180. The van der Waals surface area contributed by atoms with Crippen LogP contribution in [0.1, 0.15) is 23.8 Å². The molecule has 31 heavy (non-hydrogen) atoms. The van der Waals surface area contributed by atoms with E-state index in [0.717, 1.165) is 11.2 Å². The van der Waals surface area contributed by atoms with Crippen molar-refractivity contribution in [3.63, 3.8) is 0 Å². The molecule has 1 aliphatic rings. The summed E-state index contributed by atoms with van der Waals surface area (Å²) >= 11 is 12.3. The number of benzene rings is 1. The van der Waals surface area contributed by atoms with E-state index >= 15 is 0 Å². The number of piperidine rings is 1. The van der Waals surface area contributed by atoms with Gasteiger partial charge in [0.05, 0.1) is 16.0 Å². The molecule has 3 rings (SSSR count). The van der Waals surface area contributed by atoms with E-state index in [9.17, 15) is 22.8 Å². The minimum atomic E-state index is -4.10. The Morgan fingerprint density at radius 2 is 1.90 bits per heavy atom. The number of rotatable bonds is 5. The number of halogens is 2. The van der Waals surface area contributed by atoms with Gasteiger partial charge in [0.1, 0.15) is 5.69 Å². The van der Waals surface area contributed by atoms with Gasteiger partial charge in [0, 0.05) is 44.0 Å². The Morgan fingerprint density at radius 1 is 1.23 bits per heavy atom. The number of carbonyl (C=O) groups is 3. The molecule has 2 aromatic rings. The fourth-order valence-electron chi connectivity index (χ4n) is 3.66. The van der Waals surface area contributed by atoms with Crippen LogP contribution in [0.4, 0.5) is 0 Å². The van der Waals surface area contributed by atoms with Crippen molar-refractivity contribution in [2.24, 2.45) is 18.7 Å². The minimum Gasteiger partial charge on any atom is -0.369 e. The smallest absolute Gasteiger partial charge is 0.303 e. The lowest BCUT2D eigenvalue weighted by atomic mass is 9.92. The molecule has 168 valence electrons. The number of aromatic nitrogens is 1. The number of aryl methyl sites for hydroxylation is 1. The lowest BCUT2D eigenvalue weighted by Crippen LogP contribution is -2.58. The van der Waals surface area contributed by atoms with E-state index < -0.39 is 39.9 Å². The third kappa shape index (κ3) is 4.64. The first-order chi connectivity index (χ1) is 14.4. The quantitative estimate of drug-likeness (QED) is 0.567. The highest BCUT2D eigenvalue weighted by Crippen LogP contribution is 2.32. The van der Waals surface area contributed by atoms with Gasteiger partial charge < -0.3 is 15.6 Å². The summed E-state index contributed by atoms with van der Waals surface area (Å²) in [5.41, 5.74) is 6.45. The monoisotopic (exact) mass is 489 g/mol. The zero-order valence-electron chi connectivity index (χ0n) is 16.7. The Morgan fingerprint density at radius 3 is 2.52 bits per heavy atom. The van der Waals surface area contributed by atoms with Crippen molar-refractivity contribution in [3.05, 3.63) is 33.9 Å². The summed E-state index contributed by atoms with van der Waals surface area (Å²) in [6, 6.07) is 4.26. The second-order valence-corrected chi connectivity index (χ2v) is 9.74. The number of hydrogen-bond donors (Lipinski definition) is 3. The molecule has 1 fully saturated rings. The Hall–Kier alpha value is -2.34. The van der Waals surface area contributed by atoms with Crippen molar-refractivity contribution in [1.82, 2.24) is 18.9 Å². The molecule has 4 N–H and O–H groups in total. The second-order valence-electron chi connectivity index (χ2n) is 7.28. The Labute approximate surface area is 188 Å². The average Bonchev–Trinajstić information content (AvgIpc) is 3.01. The number of nitrogens with one attached hydrogen (secondary N) is 2. The molecular formula is C18H21Cl2N5O5S. The summed E-state index contributed by atoms with van der Waals surface area (Å²) in [5.74, 6) is -2.96. The lowest BCUT2D eigenvalue weighted by molar-refractivity contribution is -0.123. The van der Waals surface area contributed by atoms with E-state index in [0.29, 0.717) is 20.9 Å². The molecule has 1 saturated heterocycles. The topological polar surface area (TPSA) is 144 Å². The van der Waals surface area contributed by atoms with Crippen LogP contribution >= 0.6 is 23.2 Å². The molecule has 0 aliphatic carbocycles. The first-order valence-corrected chi connectivity index (χ1v) is 11.4. The minimum absolute atomic E-state index is 0.00606. The number of hydrogen-bond acceptors (Lipinski definition) is 5. The number of nitrogens with two attached hydrogens (primary N) is 1. The van der Waals surface area contributed by atoms with E-state index in [1.54, 1.807) is 29.8 Å². The number of nitrogens with zero attached hydrogens (tertiary/aromatic N) is 2. The van der Waals surface area contributed by atoms with Crippen LogP contribution in [0.5, 0.6) is 0 Å².